The summed E-state index contributed by atoms with van der Waals surface area (Å²) in [6, 6.07) is 8.01. The Balaban J connectivity index is 2.29. The van der Waals surface area contributed by atoms with Crippen molar-refractivity contribution in [3.63, 3.8) is 0 Å². The SMILES string of the molecule is Cc1cscc1C(=O)c1cccc(CC(C)C)c1. The van der Waals surface area contributed by atoms with E-state index in [1.54, 1.807) is 11.3 Å². The molecule has 2 heteroatoms. The van der Waals surface area contributed by atoms with Crippen LogP contribution in [0.5, 0.6) is 0 Å². The fourth-order valence-corrected chi connectivity index (χ4v) is 2.89. The number of hydrogen-bond donors (Lipinski definition) is 0. The molecule has 0 fully saturated rings. The zero-order chi connectivity index (χ0) is 13.1. The van der Waals surface area contributed by atoms with Crippen molar-refractivity contribution in [1.82, 2.24) is 0 Å². The number of carbonyl (C=O) groups excluding carboxylic acids is 1. The third kappa shape index (κ3) is 2.88. The highest BCUT2D eigenvalue weighted by atomic mass is 32.1. The van der Waals surface area contributed by atoms with E-state index in [1.807, 2.05) is 35.9 Å². The number of thiophene rings is 1. The molecule has 0 N–H and O–H groups in total. The van der Waals surface area contributed by atoms with Gasteiger partial charge in [0.15, 0.2) is 5.78 Å². The predicted molar refractivity (Wildman–Crippen MR) is 77.5 cm³/mol. The molecule has 0 unspecified atom stereocenters. The first kappa shape index (κ1) is 13.0. The number of aryl methyl sites for hydroxylation is 1. The Labute approximate surface area is 112 Å². The maximum absolute atomic E-state index is 12.4. The number of hydrogen-bond acceptors (Lipinski definition) is 2. The van der Waals surface area contributed by atoms with Crippen molar-refractivity contribution < 1.29 is 4.79 Å². The van der Waals surface area contributed by atoms with Crippen LogP contribution >= 0.6 is 11.3 Å². The standard InChI is InChI=1S/C16H18OS/c1-11(2)7-13-5-4-6-14(8-13)16(17)15-10-18-9-12(15)3/h4-6,8-11H,7H2,1-3H3. The summed E-state index contributed by atoms with van der Waals surface area (Å²) in [4.78, 5) is 12.4. The molecule has 0 atom stereocenters. The Morgan fingerprint density at radius 1 is 1.28 bits per heavy atom. The van der Waals surface area contributed by atoms with E-state index in [1.165, 1.54) is 5.56 Å². The molecule has 0 saturated heterocycles. The summed E-state index contributed by atoms with van der Waals surface area (Å²) in [6.45, 7) is 6.37. The Hall–Kier alpha value is -1.41. The first-order valence-electron chi connectivity index (χ1n) is 6.24. The van der Waals surface area contributed by atoms with Gasteiger partial charge in [-0.1, -0.05) is 32.0 Å². The predicted octanol–water partition coefficient (Wildman–Crippen LogP) is 4.49. The summed E-state index contributed by atoms with van der Waals surface area (Å²) in [7, 11) is 0. The molecule has 1 aromatic heterocycles. The van der Waals surface area contributed by atoms with Crippen molar-refractivity contribution in [2.75, 3.05) is 0 Å². The van der Waals surface area contributed by atoms with Gasteiger partial charge in [-0.2, -0.15) is 11.3 Å². The van der Waals surface area contributed by atoms with E-state index in [-0.39, 0.29) is 5.78 Å². The number of rotatable bonds is 4. The lowest BCUT2D eigenvalue weighted by molar-refractivity contribution is 0.103. The first-order valence-corrected chi connectivity index (χ1v) is 7.18. The normalized spacial score (nSPS) is 10.9. The molecule has 18 heavy (non-hydrogen) atoms. The van der Waals surface area contributed by atoms with Crippen molar-refractivity contribution in [3.05, 3.63) is 57.3 Å². The van der Waals surface area contributed by atoms with E-state index in [0.29, 0.717) is 5.92 Å². The van der Waals surface area contributed by atoms with Crippen LogP contribution in [0.4, 0.5) is 0 Å². The van der Waals surface area contributed by atoms with Crippen LogP contribution in [0.2, 0.25) is 0 Å². The highest BCUT2D eigenvalue weighted by Crippen LogP contribution is 2.19. The van der Waals surface area contributed by atoms with Crippen LogP contribution in [-0.4, -0.2) is 5.78 Å². The molecule has 2 aromatic rings. The molecule has 0 radical (unpaired) electrons. The molecule has 0 saturated carbocycles. The minimum atomic E-state index is 0.138. The molecular formula is C16H18OS. The lowest BCUT2D eigenvalue weighted by Crippen LogP contribution is -2.03. The second-order valence-corrected chi connectivity index (χ2v) is 5.84. The molecule has 0 aliphatic rings. The van der Waals surface area contributed by atoms with Gasteiger partial charge in [-0.15, -0.1) is 0 Å². The second kappa shape index (κ2) is 5.49. The van der Waals surface area contributed by atoms with Crippen molar-refractivity contribution in [2.24, 2.45) is 5.92 Å². The van der Waals surface area contributed by atoms with Gasteiger partial charge in [-0.05, 0) is 41.8 Å². The van der Waals surface area contributed by atoms with Crippen LogP contribution in [-0.2, 0) is 6.42 Å². The van der Waals surface area contributed by atoms with Gasteiger partial charge >= 0.3 is 0 Å². The Morgan fingerprint density at radius 3 is 2.67 bits per heavy atom. The van der Waals surface area contributed by atoms with Gasteiger partial charge in [0.25, 0.3) is 0 Å². The summed E-state index contributed by atoms with van der Waals surface area (Å²) in [6.07, 6.45) is 1.02. The van der Waals surface area contributed by atoms with Gasteiger partial charge in [-0.3, -0.25) is 4.79 Å². The zero-order valence-electron chi connectivity index (χ0n) is 11.1. The number of carbonyl (C=O) groups is 1. The molecule has 1 nitrogen and oxygen atoms in total. The summed E-state index contributed by atoms with van der Waals surface area (Å²) in [5.41, 5.74) is 3.94. The topological polar surface area (TPSA) is 17.1 Å². The lowest BCUT2D eigenvalue weighted by atomic mass is 9.97. The first-order chi connectivity index (χ1) is 8.58. The molecule has 0 amide bonds. The summed E-state index contributed by atoms with van der Waals surface area (Å²) in [5, 5.41) is 3.96. The molecule has 0 bridgehead atoms. The maximum atomic E-state index is 12.4. The van der Waals surface area contributed by atoms with Gasteiger partial charge < -0.3 is 0 Å². The van der Waals surface area contributed by atoms with Crippen LogP contribution in [0.15, 0.2) is 35.0 Å². The van der Waals surface area contributed by atoms with E-state index in [4.69, 9.17) is 0 Å². The van der Waals surface area contributed by atoms with Crippen LogP contribution < -0.4 is 0 Å². The molecular weight excluding hydrogens is 240 g/mol. The van der Waals surface area contributed by atoms with Gasteiger partial charge in [0, 0.05) is 16.5 Å². The third-order valence-electron chi connectivity index (χ3n) is 2.93. The van der Waals surface area contributed by atoms with Gasteiger partial charge in [0.2, 0.25) is 0 Å². The van der Waals surface area contributed by atoms with Crippen molar-refractivity contribution in [1.29, 1.82) is 0 Å². The summed E-state index contributed by atoms with van der Waals surface area (Å²) < 4.78 is 0. The van der Waals surface area contributed by atoms with Crippen LogP contribution in [0.1, 0.15) is 40.9 Å². The summed E-state index contributed by atoms with van der Waals surface area (Å²) in [5.74, 6) is 0.748. The zero-order valence-corrected chi connectivity index (χ0v) is 11.9. The number of benzene rings is 1. The second-order valence-electron chi connectivity index (χ2n) is 5.10. The highest BCUT2D eigenvalue weighted by molar-refractivity contribution is 7.08. The fourth-order valence-electron chi connectivity index (χ4n) is 2.06. The fraction of sp³-hybridized carbons (Fsp3) is 0.312. The Bertz CT molecular complexity index is 552. The average Bonchev–Trinajstić information content (AvgIpc) is 2.74. The van der Waals surface area contributed by atoms with Crippen LogP contribution in [0, 0.1) is 12.8 Å². The Morgan fingerprint density at radius 2 is 2.06 bits per heavy atom. The molecule has 1 aromatic carbocycles. The maximum Gasteiger partial charge on any atom is 0.194 e. The minimum absolute atomic E-state index is 0.138. The smallest absolute Gasteiger partial charge is 0.194 e. The minimum Gasteiger partial charge on any atom is -0.289 e. The molecule has 0 aliphatic carbocycles. The van der Waals surface area contributed by atoms with Crippen molar-refractivity contribution in [3.8, 4) is 0 Å². The van der Waals surface area contributed by atoms with Crippen molar-refractivity contribution >= 4 is 17.1 Å². The van der Waals surface area contributed by atoms with Gasteiger partial charge in [0.05, 0.1) is 0 Å². The molecule has 94 valence electrons. The largest absolute Gasteiger partial charge is 0.289 e. The van der Waals surface area contributed by atoms with Gasteiger partial charge in [0.1, 0.15) is 0 Å². The van der Waals surface area contributed by atoms with Crippen LogP contribution in [0.25, 0.3) is 0 Å². The lowest BCUT2D eigenvalue weighted by Gasteiger charge is -2.07. The van der Waals surface area contributed by atoms with Gasteiger partial charge in [-0.25, -0.2) is 0 Å². The molecule has 0 aliphatic heterocycles. The monoisotopic (exact) mass is 258 g/mol. The van der Waals surface area contributed by atoms with E-state index in [9.17, 15) is 4.79 Å². The van der Waals surface area contributed by atoms with E-state index >= 15 is 0 Å². The molecule has 2 rings (SSSR count). The summed E-state index contributed by atoms with van der Waals surface area (Å²) >= 11 is 1.58. The molecule has 0 spiro atoms. The van der Waals surface area contributed by atoms with E-state index < -0.39 is 0 Å². The van der Waals surface area contributed by atoms with Crippen LogP contribution in [0.3, 0.4) is 0 Å². The third-order valence-corrected chi connectivity index (χ3v) is 3.79. The quantitative estimate of drug-likeness (QED) is 0.739. The van der Waals surface area contributed by atoms with E-state index in [2.05, 4.69) is 19.9 Å². The number of ketones is 1. The molecule has 1 heterocycles. The average molecular weight is 258 g/mol. The van der Waals surface area contributed by atoms with Crippen molar-refractivity contribution in [2.45, 2.75) is 27.2 Å². The Kier molecular flexibility index (Phi) is 3.97. The highest BCUT2D eigenvalue weighted by Gasteiger charge is 2.12. The van der Waals surface area contributed by atoms with E-state index in [0.717, 1.165) is 23.1 Å².